The van der Waals surface area contributed by atoms with E-state index < -0.39 is 21.9 Å². The molecule has 0 aliphatic carbocycles. The van der Waals surface area contributed by atoms with Gasteiger partial charge in [-0.1, -0.05) is 0 Å². The Kier molecular flexibility index (Phi) is 5.50. The minimum absolute atomic E-state index is 0.0465. The number of unbranched alkanes of at least 4 members (excludes halogenated alkanes) is 1. The smallest absolute Gasteiger partial charge is 0.352 e. The summed E-state index contributed by atoms with van der Waals surface area (Å²) in [6.45, 7) is 3.10. The van der Waals surface area contributed by atoms with Crippen molar-refractivity contribution in [1.29, 1.82) is 0 Å². The van der Waals surface area contributed by atoms with Crippen molar-refractivity contribution < 1.29 is 23.1 Å². The van der Waals surface area contributed by atoms with Gasteiger partial charge in [0.15, 0.2) is 0 Å². The molecule has 118 valence electrons. The molecular formula is C12H19N3O5S. The lowest BCUT2D eigenvalue weighted by atomic mass is 10.2. The van der Waals surface area contributed by atoms with Gasteiger partial charge in [0, 0.05) is 24.2 Å². The maximum Gasteiger partial charge on any atom is 0.352 e. The number of nitrogens with two attached hydrogens (primary N) is 1. The van der Waals surface area contributed by atoms with Gasteiger partial charge in [0.25, 0.3) is 0 Å². The fourth-order valence-corrected chi connectivity index (χ4v) is 3.57. The highest BCUT2D eigenvalue weighted by Gasteiger charge is 2.25. The SMILES string of the molecule is Cc1[nH]c(C(=O)O)c(C)c1S(=O)(=O)NCCCCC(N)=O. The average Bonchev–Trinajstić information content (AvgIpc) is 2.64. The van der Waals surface area contributed by atoms with Crippen LogP contribution in [-0.4, -0.2) is 36.9 Å². The fourth-order valence-electron chi connectivity index (χ4n) is 2.05. The van der Waals surface area contributed by atoms with Crippen molar-refractivity contribution in [2.45, 2.75) is 38.0 Å². The molecule has 0 spiro atoms. The lowest BCUT2D eigenvalue weighted by molar-refractivity contribution is -0.118. The molecule has 0 bridgehead atoms. The molecule has 0 saturated carbocycles. The van der Waals surface area contributed by atoms with Gasteiger partial charge in [-0.2, -0.15) is 0 Å². The minimum atomic E-state index is -3.80. The van der Waals surface area contributed by atoms with E-state index in [1.165, 1.54) is 13.8 Å². The number of aryl methyl sites for hydroxylation is 1. The third kappa shape index (κ3) is 4.30. The van der Waals surface area contributed by atoms with Gasteiger partial charge in [0.05, 0.1) is 0 Å². The number of rotatable bonds is 8. The molecule has 0 unspecified atom stereocenters. The Morgan fingerprint density at radius 1 is 1.29 bits per heavy atom. The molecule has 1 amide bonds. The van der Waals surface area contributed by atoms with Crippen LogP contribution >= 0.6 is 0 Å². The first-order valence-electron chi connectivity index (χ1n) is 6.37. The van der Waals surface area contributed by atoms with Gasteiger partial charge < -0.3 is 15.8 Å². The summed E-state index contributed by atoms with van der Waals surface area (Å²) in [5.41, 5.74) is 5.29. The van der Waals surface area contributed by atoms with Crippen LogP contribution in [0.5, 0.6) is 0 Å². The Bertz CT molecular complexity index is 648. The van der Waals surface area contributed by atoms with Crippen LogP contribution in [0.4, 0.5) is 0 Å². The van der Waals surface area contributed by atoms with E-state index in [9.17, 15) is 18.0 Å². The van der Waals surface area contributed by atoms with Crippen LogP contribution in [0.3, 0.4) is 0 Å². The molecule has 8 nitrogen and oxygen atoms in total. The van der Waals surface area contributed by atoms with E-state index in [1.54, 1.807) is 0 Å². The maximum absolute atomic E-state index is 12.2. The van der Waals surface area contributed by atoms with E-state index in [-0.39, 0.29) is 34.8 Å². The van der Waals surface area contributed by atoms with Crippen molar-refractivity contribution in [2.24, 2.45) is 5.73 Å². The number of nitrogens with one attached hydrogen (secondary N) is 2. The molecule has 0 aliphatic heterocycles. The van der Waals surface area contributed by atoms with Crippen molar-refractivity contribution in [3.8, 4) is 0 Å². The standard InChI is InChI=1S/C12H19N3O5S/c1-7-10(12(17)18)15-8(2)11(7)21(19,20)14-6-4-3-5-9(13)16/h14-15H,3-6H2,1-2H3,(H2,13,16)(H,17,18). The summed E-state index contributed by atoms with van der Waals surface area (Å²) in [7, 11) is -3.80. The predicted octanol–water partition coefficient (Wildman–Crippen LogP) is 0.264. The van der Waals surface area contributed by atoms with Crippen LogP contribution in [0.2, 0.25) is 0 Å². The number of aromatic amines is 1. The van der Waals surface area contributed by atoms with E-state index in [1.807, 2.05) is 0 Å². The van der Waals surface area contributed by atoms with E-state index in [0.717, 1.165) is 0 Å². The number of aromatic nitrogens is 1. The van der Waals surface area contributed by atoms with Crippen LogP contribution in [0.25, 0.3) is 0 Å². The zero-order valence-electron chi connectivity index (χ0n) is 11.9. The predicted molar refractivity (Wildman–Crippen MR) is 75.5 cm³/mol. The zero-order chi connectivity index (χ0) is 16.2. The summed E-state index contributed by atoms with van der Waals surface area (Å²) >= 11 is 0. The number of carbonyl (C=O) groups excluding carboxylic acids is 1. The van der Waals surface area contributed by atoms with E-state index in [4.69, 9.17) is 10.8 Å². The molecule has 5 N–H and O–H groups in total. The van der Waals surface area contributed by atoms with Gasteiger partial charge in [0.1, 0.15) is 10.6 Å². The molecule has 21 heavy (non-hydrogen) atoms. The molecule has 1 aromatic heterocycles. The zero-order valence-corrected chi connectivity index (χ0v) is 12.7. The van der Waals surface area contributed by atoms with Crippen molar-refractivity contribution in [1.82, 2.24) is 9.71 Å². The summed E-state index contributed by atoms with van der Waals surface area (Å²) in [6.07, 6.45) is 1.16. The topological polar surface area (TPSA) is 142 Å². The number of H-pyrrole nitrogens is 1. The summed E-state index contributed by atoms with van der Waals surface area (Å²) in [5, 5.41) is 8.98. The first-order valence-corrected chi connectivity index (χ1v) is 7.85. The van der Waals surface area contributed by atoms with Crippen LogP contribution in [0, 0.1) is 13.8 Å². The number of hydrogen-bond donors (Lipinski definition) is 4. The molecular weight excluding hydrogens is 298 g/mol. The van der Waals surface area contributed by atoms with Crippen LogP contribution in [0.1, 0.15) is 41.0 Å². The lowest BCUT2D eigenvalue weighted by Crippen LogP contribution is -2.26. The Morgan fingerprint density at radius 2 is 1.90 bits per heavy atom. The van der Waals surface area contributed by atoms with Gasteiger partial charge in [-0.15, -0.1) is 0 Å². The fraction of sp³-hybridized carbons (Fsp3) is 0.500. The quantitative estimate of drug-likeness (QED) is 0.509. The molecule has 0 fully saturated rings. The molecule has 1 rings (SSSR count). The third-order valence-corrected chi connectivity index (χ3v) is 4.73. The highest BCUT2D eigenvalue weighted by molar-refractivity contribution is 7.89. The van der Waals surface area contributed by atoms with Crippen molar-refractivity contribution in [3.05, 3.63) is 17.0 Å². The van der Waals surface area contributed by atoms with E-state index >= 15 is 0 Å². The van der Waals surface area contributed by atoms with Gasteiger partial charge in [-0.25, -0.2) is 17.9 Å². The number of carboxylic acid groups (broad SMARTS) is 1. The molecule has 1 heterocycles. The monoisotopic (exact) mass is 317 g/mol. The highest BCUT2D eigenvalue weighted by Crippen LogP contribution is 2.22. The largest absolute Gasteiger partial charge is 0.477 e. The number of primary amides is 1. The van der Waals surface area contributed by atoms with Gasteiger partial charge in [-0.3, -0.25) is 4.79 Å². The van der Waals surface area contributed by atoms with Gasteiger partial charge in [-0.05, 0) is 26.7 Å². The van der Waals surface area contributed by atoms with Crippen molar-refractivity contribution in [3.63, 3.8) is 0 Å². The first kappa shape index (κ1) is 17.2. The summed E-state index contributed by atoms with van der Waals surface area (Å²) in [4.78, 5) is 24.1. The second-order valence-corrected chi connectivity index (χ2v) is 6.41. The highest BCUT2D eigenvalue weighted by atomic mass is 32.2. The summed E-state index contributed by atoms with van der Waals surface area (Å²) in [5.74, 6) is -1.64. The number of sulfonamides is 1. The van der Waals surface area contributed by atoms with Gasteiger partial charge in [0.2, 0.25) is 15.9 Å². The van der Waals surface area contributed by atoms with Crippen molar-refractivity contribution in [2.75, 3.05) is 6.54 Å². The second kappa shape index (κ2) is 6.72. The van der Waals surface area contributed by atoms with Crippen LogP contribution in [-0.2, 0) is 14.8 Å². The third-order valence-electron chi connectivity index (χ3n) is 2.99. The van der Waals surface area contributed by atoms with E-state index in [2.05, 4.69) is 9.71 Å². The van der Waals surface area contributed by atoms with Gasteiger partial charge >= 0.3 is 5.97 Å². The molecule has 1 aromatic rings. The number of aromatic carboxylic acids is 1. The summed E-state index contributed by atoms with van der Waals surface area (Å²) in [6, 6.07) is 0. The Balaban J connectivity index is 2.80. The number of amides is 1. The lowest BCUT2D eigenvalue weighted by Gasteiger charge is -2.07. The number of carboxylic acids is 1. The maximum atomic E-state index is 12.2. The molecule has 9 heteroatoms. The van der Waals surface area contributed by atoms with Crippen LogP contribution < -0.4 is 10.5 Å². The normalized spacial score (nSPS) is 11.5. The minimum Gasteiger partial charge on any atom is -0.477 e. The molecule has 0 atom stereocenters. The molecule has 0 radical (unpaired) electrons. The second-order valence-electron chi connectivity index (χ2n) is 4.71. The Hall–Kier alpha value is -1.87. The van der Waals surface area contributed by atoms with E-state index in [0.29, 0.717) is 12.8 Å². The number of hydrogen-bond acceptors (Lipinski definition) is 4. The first-order chi connectivity index (χ1) is 9.66. The molecule has 0 aromatic carbocycles. The summed E-state index contributed by atoms with van der Waals surface area (Å²) < 4.78 is 26.8. The molecule has 0 saturated heterocycles. The molecule has 0 aliphatic rings. The number of carbonyl (C=O) groups is 2. The van der Waals surface area contributed by atoms with Crippen molar-refractivity contribution >= 4 is 21.9 Å². The average molecular weight is 317 g/mol. The van der Waals surface area contributed by atoms with Crippen LogP contribution in [0.15, 0.2) is 4.90 Å². The Labute approximate surface area is 122 Å². The Morgan fingerprint density at radius 3 is 2.38 bits per heavy atom.